The van der Waals surface area contributed by atoms with Crippen LogP contribution >= 0.6 is 39.1 Å². The maximum absolute atomic E-state index is 13.2. The van der Waals surface area contributed by atoms with Crippen LogP contribution in [0.1, 0.15) is 44.6 Å². The molecule has 0 bridgehead atoms. The van der Waals surface area contributed by atoms with Gasteiger partial charge in [0.25, 0.3) is 5.91 Å². The van der Waals surface area contributed by atoms with Crippen LogP contribution < -0.4 is 10.1 Å². The number of hydrogen-bond acceptors (Lipinski definition) is 3. The first-order valence-electron chi connectivity index (χ1n) is 10.8. The van der Waals surface area contributed by atoms with E-state index in [1.165, 1.54) is 11.3 Å². The van der Waals surface area contributed by atoms with Gasteiger partial charge < -0.3 is 15.0 Å². The van der Waals surface area contributed by atoms with Crippen LogP contribution in [0.3, 0.4) is 0 Å². The molecule has 1 saturated carbocycles. The van der Waals surface area contributed by atoms with Gasteiger partial charge in [-0.05, 0) is 65.5 Å². The van der Waals surface area contributed by atoms with Crippen LogP contribution in [0.2, 0.25) is 10.0 Å². The molecule has 172 valence electrons. The van der Waals surface area contributed by atoms with Gasteiger partial charge in [0.1, 0.15) is 11.8 Å². The van der Waals surface area contributed by atoms with Crippen molar-refractivity contribution in [2.75, 3.05) is 6.61 Å². The molecule has 1 N–H and O–H groups in total. The topological polar surface area (TPSA) is 58.6 Å². The largest absolute Gasteiger partial charge is 0.483 e. The van der Waals surface area contributed by atoms with Crippen molar-refractivity contribution in [2.24, 2.45) is 0 Å². The number of ether oxygens (including phenoxy) is 1. The molecule has 1 atom stereocenters. The third kappa shape index (κ3) is 6.87. The van der Waals surface area contributed by atoms with E-state index < -0.39 is 6.04 Å². The SMILES string of the molecule is CC(C(=O)NC1CCCCC1)N(Cc1ccccc1Cl)C(=O)COc1ccc(Cl)cc1Br. The van der Waals surface area contributed by atoms with E-state index in [0.29, 0.717) is 20.3 Å². The minimum Gasteiger partial charge on any atom is -0.483 e. The van der Waals surface area contributed by atoms with Gasteiger partial charge in [-0.15, -0.1) is 0 Å². The van der Waals surface area contributed by atoms with Gasteiger partial charge in [0.15, 0.2) is 6.61 Å². The summed E-state index contributed by atoms with van der Waals surface area (Å²) in [7, 11) is 0. The molecule has 0 saturated heterocycles. The zero-order chi connectivity index (χ0) is 23.1. The Labute approximate surface area is 207 Å². The summed E-state index contributed by atoms with van der Waals surface area (Å²) >= 11 is 15.7. The third-order valence-corrected chi connectivity index (χ3v) is 6.89. The molecule has 2 aromatic rings. The Bertz CT molecular complexity index is 951. The molecule has 0 spiro atoms. The Balaban J connectivity index is 1.73. The lowest BCUT2D eigenvalue weighted by Crippen LogP contribution is -2.51. The average Bonchev–Trinajstić information content (AvgIpc) is 2.78. The van der Waals surface area contributed by atoms with Gasteiger partial charge in [-0.25, -0.2) is 0 Å². The van der Waals surface area contributed by atoms with Crippen molar-refractivity contribution in [2.45, 2.75) is 57.7 Å². The summed E-state index contributed by atoms with van der Waals surface area (Å²) in [6.07, 6.45) is 5.39. The van der Waals surface area contributed by atoms with E-state index in [2.05, 4.69) is 21.2 Å². The fourth-order valence-corrected chi connectivity index (χ4v) is 4.77. The maximum Gasteiger partial charge on any atom is 0.261 e. The summed E-state index contributed by atoms with van der Waals surface area (Å²) in [6, 6.07) is 11.9. The van der Waals surface area contributed by atoms with Crippen molar-refractivity contribution in [3.8, 4) is 5.75 Å². The highest BCUT2D eigenvalue weighted by molar-refractivity contribution is 9.10. The summed E-state index contributed by atoms with van der Waals surface area (Å²) in [4.78, 5) is 27.7. The van der Waals surface area contributed by atoms with Crippen molar-refractivity contribution in [1.82, 2.24) is 10.2 Å². The molecule has 1 aliphatic rings. The van der Waals surface area contributed by atoms with Gasteiger partial charge in [-0.2, -0.15) is 0 Å². The fraction of sp³-hybridized carbons (Fsp3) is 0.417. The van der Waals surface area contributed by atoms with Crippen molar-refractivity contribution in [3.63, 3.8) is 0 Å². The summed E-state index contributed by atoms with van der Waals surface area (Å²) in [5.74, 6) is 0.0304. The average molecular weight is 542 g/mol. The normalized spacial score (nSPS) is 15.1. The number of halogens is 3. The Morgan fingerprint density at radius 3 is 2.56 bits per heavy atom. The van der Waals surface area contributed by atoms with Crippen molar-refractivity contribution < 1.29 is 14.3 Å². The van der Waals surface area contributed by atoms with Crippen LogP contribution in [0.5, 0.6) is 5.75 Å². The summed E-state index contributed by atoms with van der Waals surface area (Å²) in [5.41, 5.74) is 0.771. The lowest BCUT2D eigenvalue weighted by Gasteiger charge is -2.31. The monoisotopic (exact) mass is 540 g/mol. The second-order valence-electron chi connectivity index (χ2n) is 8.00. The van der Waals surface area contributed by atoms with E-state index in [4.69, 9.17) is 27.9 Å². The Morgan fingerprint density at radius 1 is 1.16 bits per heavy atom. The predicted octanol–water partition coefficient (Wildman–Crippen LogP) is 6.00. The molecule has 32 heavy (non-hydrogen) atoms. The molecule has 0 aliphatic heterocycles. The van der Waals surface area contributed by atoms with Crippen LogP contribution in [0.25, 0.3) is 0 Å². The first-order valence-corrected chi connectivity index (χ1v) is 12.3. The zero-order valence-electron chi connectivity index (χ0n) is 18.0. The lowest BCUT2D eigenvalue weighted by molar-refractivity contribution is -0.142. The van der Waals surface area contributed by atoms with Gasteiger partial charge in [-0.1, -0.05) is 60.7 Å². The number of rotatable bonds is 8. The van der Waals surface area contributed by atoms with Gasteiger partial charge in [0, 0.05) is 22.6 Å². The van der Waals surface area contributed by atoms with Gasteiger partial charge in [0.2, 0.25) is 5.91 Å². The molecule has 8 heteroatoms. The number of carbonyl (C=O) groups is 2. The van der Waals surface area contributed by atoms with E-state index in [9.17, 15) is 9.59 Å². The summed E-state index contributed by atoms with van der Waals surface area (Å²) < 4.78 is 6.37. The Kier molecular flexibility index (Phi) is 9.26. The molecule has 1 unspecified atom stereocenters. The van der Waals surface area contributed by atoms with Crippen LogP contribution in [0.4, 0.5) is 0 Å². The molecule has 5 nitrogen and oxygen atoms in total. The highest BCUT2D eigenvalue weighted by Crippen LogP contribution is 2.28. The number of benzene rings is 2. The van der Waals surface area contributed by atoms with Gasteiger partial charge >= 0.3 is 0 Å². The lowest BCUT2D eigenvalue weighted by atomic mass is 9.95. The molecule has 0 heterocycles. The molecule has 2 aromatic carbocycles. The zero-order valence-corrected chi connectivity index (χ0v) is 21.0. The smallest absolute Gasteiger partial charge is 0.261 e. The quantitative estimate of drug-likeness (QED) is 0.445. The Hall–Kier alpha value is -1.76. The molecule has 1 aliphatic carbocycles. The molecule has 3 rings (SSSR count). The number of carbonyl (C=O) groups excluding carboxylic acids is 2. The highest BCUT2D eigenvalue weighted by Gasteiger charge is 2.29. The first kappa shape index (κ1) is 24.9. The molecule has 0 radical (unpaired) electrons. The second-order valence-corrected chi connectivity index (χ2v) is 9.69. The predicted molar refractivity (Wildman–Crippen MR) is 131 cm³/mol. The van der Waals surface area contributed by atoms with Gasteiger partial charge in [0.05, 0.1) is 4.47 Å². The number of hydrogen-bond donors (Lipinski definition) is 1. The molecule has 0 aromatic heterocycles. The summed E-state index contributed by atoms with van der Waals surface area (Å²) in [5, 5.41) is 4.22. The van der Waals surface area contributed by atoms with E-state index in [0.717, 1.165) is 31.2 Å². The Morgan fingerprint density at radius 2 is 1.88 bits per heavy atom. The van der Waals surface area contributed by atoms with E-state index in [-0.39, 0.29) is 31.0 Å². The van der Waals surface area contributed by atoms with Crippen LogP contribution in [0.15, 0.2) is 46.9 Å². The van der Waals surface area contributed by atoms with E-state index in [1.807, 2.05) is 18.2 Å². The van der Waals surface area contributed by atoms with Crippen LogP contribution in [-0.2, 0) is 16.1 Å². The first-order chi connectivity index (χ1) is 15.3. The molecular formula is C24H27BrCl2N2O3. The molecule has 2 amide bonds. The van der Waals surface area contributed by atoms with Crippen molar-refractivity contribution >= 4 is 50.9 Å². The highest BCUT2D eigenvalue weighted by atomic mass is 79.9. The minimum absolute atomic E-state index is 0.162. The molecular weight excluding hydrogens is 515 g/mol. The van der Waals surface area contributed by atoms with Crippen molar-refractivity contribution in [1.29, 1.82) is 0 Å². The van der Waals surface area contributed by atoms with E-state index >= 15 is 0 Å². The number of amides is 2. The second kappa shape index (κ2) is 11.9. The number of nitrogens with one attached hydrogen (secondary N) is 1. The maximum atomic E-state index is 13.2. The number of nitrogens with zero attached hydrogens (tertiary/aromatic N) is 1. The molecule has 1 fully saturated rings. The standard InChI is InChI=1S/C24H27BrCl2N2O3/c1-16(24(31)28-19-8-3-2-4-9-19)29(14-17-7-5-6-10-21(17)27)23(30)15-32-22-12-11-18(26)13-20(22)25/h5-7,10-13,16,19H,2-4,8-9,14-15H2,1H3,(H,28,31). The fourth-order valence-electron chi connectivity index (χ4n) is 3.78. The van der Waals surface area contributed by atoms with Crippen LogP contribution in [0, 0.1) is 0 Å². The third-order valence-electron chi connectivity index (χ3n) is 5.66. The summed E-state index contributed by atoms with van der Waals surface area (Å²) in [6.45, 7) is 1.74. The van der Waals surface area contributed by atoms with Crippen molar-refractivity contribution in [3.05, 3.63) is 62.5 Å². The van der Waals surface area contributed by atoms with E-state index in [1.54, 1.807) is 31.2 Å². The minimum atomic E-state index is -0.669. The van der Waals surface area contributed by atoms with Crippen LogP contribution in [-0.4, -0.2) is 35.4 Å². The van der Waals surface area contributed by atoms with Gasteiger partial charge in [-0.3, -0.25) is 9.59 Å².